The minimum atomic E-state index is -0.611. The fourth-order valence-corrected chi connectivity index (χ4v) is 2.05. The maximum atomic E-state index is 10.9. The van der Waals surface area contributed by atoms with Crippen LogP contribution in [0.5, 0.6) is 0 Å². The van der Waals surface area contributed by atoms with Gasteiger partial charge in [-0.2, -0.15) is 5.10 Å². The Balaban J connectivity index is 2.52. The Morgan fingerprint density at radius 3 is 2.60 bits per heavy atom. The fourth-order valence-electron chi connectivity index (χ4n) is 2.05. The Labute approximate surface area is 119 Å². The summed E-state index contributed by atoms with van der Waals surface area (Å²) in [7, 11) is 0. The topological polar surface area (TPSA) is 93.2 Å². The van der Waals surface area contributed by atoms with Crippen molar-refractivity contribution in [2.45, 2.75) is 46.8 Å². The zero-order valence-electron chi connectivity index (χ0n) is 12.6. The molecule has 0 bridgehead atoms. The molecule has 20 heavy (non-hydrogen) atoms. The predicted octanol–water partition coefficient (Wildman–Crippen LogP) is 1.40. The third-order valence-corrected chi connectivity index (χ3v) is 3.19. The predicted molar refractivity (Wildman–Crippen MR) is 76.7 cm³/mol. The highest BCUT2D eigenvalue weighted by molar-refractivity contribution is 5.39. The highest BCUT2D eigenvalue weighted by Crippen LogP contribution is 2.21. The highest BCUT2D eigenvalue weighted by Gasteiger charge is 2.22. The van der Waals surface area contributed by atoms with Crippen molar-refractivity contribution < 1.29 is 10.0 Å². The number of nitrogens with one attached hydrogen (secondary N) is 1. The van der Waals surface area contributed by atoms with E-state index in [-0.39, 0.29) is 12.2 Å². The molecule has 2 N–H and O–H groups in total. The van der Waals surface area contributed by atoms with Gasteiger partial charge in [0.05, 0.1) is 17.6 Å². The largest absolute Gasteiger partial charge is 0.390 e. The van der Waals surface area contributed by atoms with Crippen molar-refractivity contribution in [1.82, 2.24) is 15.1 Å². The molecular formula is C13H24N4O3. The monoisotopic (exact) mass is 284 g/mol. The molecular weight excluding hydrogens is 260 g/mol. The molecule has 114 valence electrons. The van der Waals surface area contributed by atoms with Crippen LogP contribution in [-0.4, -0.2) is 39.0 Å². The van der Waals surface area contributed by atoms with E-state index in [0.717, 1.165) is 13.0 Å². The van der Waals surface area contributed by atoms with Crippen molar-refractivity contribution in [3.05, 3.63) is 21.5 Å². The van der Waals surface area contributed by atoms with Gasteiger partial charge in [0.25, 0.3) is 0 Å². The van der Waals surface area contributed by atoms with E-state index < -0.39 is 11.0 Å². The lowest BCUT2D eigenvalue weighted by Crippen LogP contribution is -2.31. The second-order valence-corrected chi connectivity index (χ2v) is 5.50. The van der Waals surface area contributed by atoms with Gasteiger partial charge in [-0.05, 0) is 32.7 Å². The van der Waals surface area contributed by atoms with Crippen molar-refractivity contribution in [1.29, 1.82) is 0 Å². The van der Waals surface area contributed by atoms with Crippen LogP contribution in [0, 0.1) is 29.9 Å². The molecule has 1 aromatic rings. The number of aliphatic hydroxyl groups excluding tert-OH is 1. The van der Waals surface area contributed by atoms with Crippen LogP contribution < -0.4 is 5.32 Å². The molecule has 1 aromatic heterocycles. The van der Waals surface area contributed by atoms with Gasteiger partial charge in [-0.3, -0.25) is 14.8 Å². The smallest absolute Gasteiger partial charge is 0.312 e. The average molecular weight is 284 g/mol. The number of aromatic nitrogens is 2. The Kier molecular flexibility index (Phi) is 6.09. The summed E-state index contributed by atoms with van der Waals surface area (Å²) in [5.74, 6) is 0.623. The van der Waals surface area contributed by atoms with E-state index in [4.69, 9.17) is 0 Å². The number of aryl methyl sites for hydroxylation is 1. The van der Waals surface area contributed by atoms with Crippen LogP contribution in [0.25, 0.3) is 0 Å². The van der Waals surface area contributed by atoms with Crippen molar-refractivity contribution >= 4 is 5.69 Å². The molecule has 1 rings (SSSR count). The van der Waals surface area contributed by atoms with Crippen LogP contribution in [0.4, 0.5) is 5.69 Å². The average Bonchev–Trinajstić information content (AvgIpc) is 2.59. The van der Waals surface area contributed by atoms with E-state index in [1.807, 2.05) is 0 Å². The summed E-state index contributed by atoms with van der Waals surface area (Å²) < 4.78 is 1.50. The summed E-state index contributed by atoms with van der Waals surface area (Å²) in [5.41, 5.74) is 0.895. The zero-order chi connectivity index (χ0) is 15.3. The van der Waals surface area contributed by atoms with Gasteiger partial charge in [0.2, 0.25) is 0 Å². The Morgan fingerprint density at radius 2 is 2.10 bits per heavy atom. The van der Waals surface area contributed by atoms with Gasteiger partial charge < -0.3 is 10.4 Å². The van der Waals surface area contributed by atoms with Gasteiger partial charge >= 0.3 is 5.69 Å². The summed E-state index contributed by atoms with van der Waals surface area (Å²) in [5, 5.41) is 28.1. The molecule has 0 spiro atoms. The van der Waals surface area contributed by atoms with Crippen LogP contribution in [0.1, 0.15) is 31.7 Å². The van der Waals surface area contributed by atoms with Gasteiger partial charge in [0.1, 0.15) is 11.4 Å². The van der Waals surface area contributed by atoms with E-state index in [2.05, 4.69) is 24.3 Å². The van der Waals surface area contributed by atoms with Gasteiger partial charge in [-0.1, -0.05) is 13.8 Å². The number of rotatable bonds is 8. The Bertz CT molecular complexity index is 457. The van der Waals surface area contributed by atoms with Gasteiger partial charge in [0, 0.05) is 6.54 Å². The van der Waals surface area contributed by atoms with Gasteiger partial charge in [-0.25, -0.2) is 0 Å². The number of hydrogen-bond acceptors (Lipinski definition) is 5. The Morgan fingerprint density at radius 1 is 1.45 bits per heavy atom. The minimum Gasteiger partial charge on any atom is -0.390 e. The molecule has 1 unspecified atom stereocenters. The molecule has 0 aromatic carbocycles. The summed E-state index contributed by atoms with van der Waals surface area (Å²) in [6, 6.07) is 0. The third kappa shape index (κ3) is 4.57. The summed E-state index contributed by atoms with van der Waals surface area (Å²) in [6.07, 6.45) is 0.442. The first-order chi connectivity index (χ1) is 9.32. The first-order valence-electron chi connectivity index (χ1n) is 6.90. The highest BCUT2D eigenvalue weighted by atomic mass is 16.6. The SMILES string of the molecule is Cc1nn(CC(O)CNCCC(C)C)c(C)c1[N+](=O)[O-]. The van der Waals surface area contributed by atoms with Crippen LogP contribution in [0.2, 0.25) is 0 Å². The molecule has 7 heteroatoms. The molecule has 0 aliphatic rings. The Hall–Kier alpha value is -1.47. The maximum Gasteiger partial charge on any atom is 0.312 e. The second-order valence-electron chi connectivity index (χ2n) is 5.50. The number of aliphatic hydroxyl groups is 1. The lowest BCUT2D eigenvalue weighted by molar-refractivity contribution is -0.386. The maximum absolute atomic E-state index is 10.9. The van der Waals surface area contributed by atoms with Crippen molar-refractivity contribution in [2.24, 2.45) is 5.92 Å². The zero-order valence-corrected chi connectivity index (χ0v) is 12.6. The van der Waals surface area contributed by atoms with Crippen LogP contribution >= 0.6 is 0 Å². The molecule has 7 nitrogen and oxygen atoms in total. The van der Waals surface area contributed by atoms with E-state index in [1.165, 1.54) is 4.68 Å². The number of hydrogen-bond donors (Lipinski definition) is 2. The van der Waals surface area contributed by atoms with Crippen molar-refractivity contribution in [3.8, 4) is 0 Å². The van der Waals surface area contributed by atoms with Gasteiger partial charge in [-0.15, -0.1) is 0 Å². The summed E-state index contributed by atoms with van der Waals surface area (Å²) in [6.45, 7) is 9.12. The lowest BCUT2D eigenvalue weighted by atomic mass is 10.1. The first kappa shape index (κ1) is 16.6. The van der Waals surface area contributed by atoms with Crippen LogP contribution in [0.3, 0.4) is 0 Å². The molecule has 0 aliphatic heterocycles. The van der Waals surface area contributed by atoms with E-state index in [0.29, 0.717) is 23.9 Å². The van der Waals surface area contributed by atoms with E-state index >= 15 is 0 Å². The number of nitrogens with zero attached hydrogens (tertiary/aromatic N) is 3. The second kappa shape index (κ2) is 7.35. The van der Waals surface area contributed by atoms with Gasteiger partial charge in [0.15, 0.2) is 0 Å². The van der Waals surface area contributed by atoms with E-state index in [1.54, 1.807) is 13.8 Å². The molecule has 1 atom stereocenters. The quantitative estimate of drug-likeness (QED) is 0.427. The van der Waals surface area contributed by atoms with E-state index in [9.17, 15) is 15.2 Å². The summed E-state index contributed by atoms with van der Waals surface area (Å²) >= 11 is 0. The molecule has 0 amide bonds. The van der Waals surface area contributed by atoms with Crippen LogP contribution in [-0.2, 0) is 6.54 Å². The minimum absolute atomic E-state index is 0.0324. The van der Waals surface area contributed by atoms with Crippen LogP contribution in [0.15, 0.2) is 0 Å². The normalized spacial score (nSPS) is 12.9. The fraction of sp³-hybridized carbons (Fsp3) is 0.769. The molecule has 1 heterocycles. The standard InChI is InChI=1S/C13H24N4O3/c1-9(2)5-6-14-7-12(18)8-16-11(4)13(17(19)20)10(3)15-16/h9,12,14,18H,5-8H2,1-4H3. The first-order valence-corrected chi connectivity index (χ1v) is 6.90. The number of nitro groups is 1. The third-order valence-electron chi connectivity index (χ3n) is 3.19. The molecule has 0 radical (unpaired) electrons. The molecule has 0 saturated carbocycles. The molecule has 0 saturated heterocycles. The van der Waals surface area contributed by atoms with Crippen molar-refractivity contribution in [3.63, 3.8) is 0 Å². The lowest BCUT2D eigenvalue weighted by Gasteiger charge is -2.13. The summed E-state index contributed by atoms with van der Waals surface area (Å²) in [4.78, 5) is 10.5. The molecule has 0 aliphatic carbocycles. The molecule has 0 fully saturated rings. The van der Waals surface area contributed by atoms with Crippen molar-refractivity contribution in [2.75, 3.05) is 13.1 Å².